The summed E-state index contributed by atoms with van der Waals surface area (Å²) < 4.78 is 6.82. The molecule has 1 aromatic heterocycles. The van der Waals surface area contributed by atoms with Gasteiger partial charge in [-0.3, -0.25) is 14.3 Å². The van der Waals surface area contributed by atoms with E-state index >= 15 is 0 Å². The van der Waals surface area contributed by atoms with Crippen molar-refractivity contribution in [2.75, 3.05) is 6.54 Å². The fourth-order valence-electron chi connectivity index (χ4n) is 2.92. The maximum Gasteiger partial charge on any atom is 0.325 e. The van der Waals surface area contributed by atoms with E-state index in [4.69, 9.17) is 4.74 Å². The summed E-state index contributed by atoms with van der Waals surface area (Å²) in [5, 5.41) is 7.28. The van der Waals surface area contributed by atoms with Crippen molar-refractivity contribution >= 4 is 11.9 Å². The van der Waals surface area contributed by atoms with E-state index in [1.54, 1.807) is 24.7 Å². The van der Waals surface area contributed by atoms with Crippen molar-refractivity contribution in [3.63, 3.8) is 0 Å². The van der Waals surface area contributed by atoms with E-state index in [-0.39, 0.29) is 18.6 Å². The first-order valence-corrected chi connectivity index (χ1v) is 9.58. The summed E-state index contributed by atoms with van der Waals surface area (Å²) in [6, 6.07) is 17.7. The van der Waals surface area contributed by atoms with Gasteiger partial charge in [-0.2, -0.15) is 5.10 Å². The molecule has 150 valence electrons. The molecule has 0 saturated heterocycles. The molecule has 0 aliphatic rings. The number of hydrogen-bond donors (Lipinski definition) is 1. The molecule has 0 fully saturated rings. The van der Waals surface area contributed by atoms with E-state index in [1.807, 2.05) is 61.5 Å². The first kappa shape index (κ1) is 20.3. The SMILES string of the molecule is Cc1ccc(-c2nn(Cc3ccccc3)cc2C(=O)NCC(=O)OC(C)C)cc1. The van der Waals surface area contributed by atoms with Crippen LogP contribution in [0.15, 0.2) is 60.8 Å². The molecule has 0 aliphatic heterocycles. The first-order chi connectivity index (χ1) is 13.9. The van der Waals surface area contributed by atoms with Crippen LogP contribution in [0.5, 0.6) is 0 Å². The van der Waals surface area contributed by atoms with Crippen LogP contribution in [0.4, 0.5) is 0 Å². The molecule has 2 aromatic carbocycles. The zero-order valence-corrected chi connectivity index (χ0v) is 16.9. The van der Waals surface area contributed by atoms with Crippen LogP contribution < -0.4 is 5.32 Å². The van der Waals surface area contributed by atoms with E-state index in [1.165, 1.54) is 0 Å². The summed E-state index contributed by atoms with van der Waals surface area (Å²) in [7, 11) is 0. The summed E-state index contributed by atoms with van der Waals surface area (Å²) in [6.45, 7) is 5.90. The minimum atomic E-state index is -0.470. The maximum absolute atomic E-state index is 12.8. The highest BCUT2D eigenvalue weighted by Crippen LogP contribution is 2.23. The Labute approximate surface area is 170 Å². The van der Waals surface area contributed by atoms with Gasteiger partial charge in [0.25, 0.3) is 5.91 Å². The Bertz CT molecular complexity index is 976. The number of esters is 1. The maximum atomic E-state index is 12.8. The third-order valence-corrected chi connectivity index (χ3v) is 4.28. The number of rotatable bonds is 7. The van der Waals surface area contributed by atoms with Crippen LogP contribution >= 0.6 is 0 Å². The summed E-state index contributed by atoms with van der Waals surface area (Å²) in [5.41, 5.74) is 4.05. The molecular weight excluding hydrogens is 366 g/mol. The van der Waals surface area contributed by atoms with Crippen molar-refractivity contribution in [3.8, 4) is 11.3 Å². The zero-order valence-electron chi connectivity index (χ0n) is 16.9. The zero-order chi connectivity index (χ0) is 20.8. The number of benzene rings is 2. The molecule has 1 N–H and O–H groups in total. The largest absolute Gasteiger partial charge is 0.462 e. The van der Waals surface area contributed by atoms with Gasteiger partial charge in [-0.15, -0.1) is 0 Å². The van der Waals surface area contributed by atoms with Crippen molar-refractivity contribution in [1.29, 1.82) is 0 Å². The monoisotopic (exact) mass is 391 g/mol. The van der Waals surface area contributed by atoms with Gasteiger partial charge in [-0.05, 0) is 26.3 Å². The molecule has 0 spiro atoms. The van der Waals surface area contributed by atoms with Crippen molar-refractivity contribution in [1.82, 2.24) is 15.1 Å². The Hall–Kier alpha value is -3.41. The van der Waals surface area contributed by atoms with Gasteiger partial charge in [-0.25, -0.2) is 0 Å². The van der Waals surface area contributed by atoms with Gasteiger partial charge in [-0.1, -0.05) is 60.2 Å². The molecule has 0 unspecified atom stereocenters. The number of nitrogens with one attached hydrogen (secondary N) is 1. The van der Waals surface area contributed by atoms with Gasteiger partial charge in [0.05, 0.1) is 18.2 Å². The summed E-state index contributed by atoms with van der Waals surface area (Å²) in [4.78, 5) is 24.6. The quantitative estimate of drug-likeness (QED) is 0.625. The molecule has 1 amide bonds. The first-order valence-electron chi connectivity index (χ1n) is 9.58. The molecule has 0 aliphatic carbocycles. The second-order valence-corrected chi connectivity index (χ2v) is 7.16. The molecule has 3 rings (SSSR count). The number of nitrogens with zero attached hydrogens (tertiary/aromatic N) is 2. The molecule has 1 heterocycles. The highest BCUT2D eigenvalue weighted by atomic mass is 16.5. The van der Waals surface area contributed by atoms with Gasteiger partial charge < -0.3 is 10.1 Å². The fourth-order valence-corrected chi connectivity index (χ4v) is 2.92. The van der Waals surface area contributed by atoms with Crippen LogP contribution in [0.3, 0.4) is 0 Å². The van der Waals surface area contributed by atoms with E-state index in [0.717, 1.165) is 16.7 Å². The second-order valence-electron chi connectivity index (χ2n) is 7.16. The molecule has 6 nitrogen and oxygen atoms in total. The van der Waals surface area contributed by atoms with Crippen LogP contribution in [-0.4, -0.2) is 34.3 Å². The average molecular weight is 391 g/mol. The highest BCUT2D eigenvalue weighted by molar-refractivity contribution is 6.01. The Morgan fingerprint density at radius 1 is 1.07 bits per heavy atom. The number of hydrogen-bond acceptors (Lipinski definition) is 4. The molecule has 29 heavy (non-hydrogen) atoms. The Morgan fingerprint density at radius 2 is 1.76 bits per heavy atom. The van der Waals surface area contributed by atoms with Gasteiger partial charge in [0.1, 0.15) is 12.2 Å². The Balaban J connectivity index is 1.85. The van der Waals surface area contributed by atoms with E-state index < -0.39 is 5.97 Å². The number of carbonyl (C=O) groups excluding carboxylic acids is 2. The number of aryl methyl sites for hydroxylation is 1. The smallest absolute Gasteiger partial charge is 0.325 e. The van der Waals surface area contributed by atoms with Gasteiger partial charge in [0, 0.05) is 11.8 Å². The van der Waals surface area contributed by atoms with Crippen molar-refractivity contribution < 1.29 is 14.3 Å². The second kappa shape index (κ2) is 9.19. The van der Waals surface area contributed by atoms with Crippen LogP contribution in [0.25, 0.3) is 11.3 Å². The van der Waals surface area contributed by atoms with Crippen molar-refractivity contribution in [2.45, 2.75) is 33.4 Å². The lowest BCUT2D eigenvalue weighted by Gasteiger charge is -2.09. The van der Waals surface area contributed by atoms with E-state index in [9.17, 15) is 9.59 Å². The molecule has 3 aromatic rings. The molecule has 0 bridgehead atoms. The van der Waals surface area contributed by atoms with E-state index in [2.05, 4.69) is 10.4 Å². The van der Waals surface area contributed by atoms with Crippen LogP contribution in [0, 0.1) is 6.92 Å². The minimum Gasteiger partial charge on any atom is -0.462 e. The molecule has 0 radical (unpaired) electrons. The Morgan fingerprint density at radius 3 is 2.41 bits per heavy atom. The van der Waals surface area contributed by atoms with Gasteiger partial charge >= 0.3 is 5.97 Å². The standard InChI is InChI=1S/C23H25N3O3/c1-16(2)29-21(27)13-24-23(28)20-15-26(14-18-7-5-4-6-8-18)25-22(20)19-11-9-17(3)10-12-19/h4-12,15-16H,13-14H2,1-3H3,(H,24,28). The number of aromatic nitrogens is 2. The molecule has 6 heteroatoms. The number of amides is 1. The van der Waals surface area contributed by atoms with Gasteiger partial charge in [0.15, 0.2) is 0 Å². The van der Waals surface area contributed by atoms with Crippen LogP contribution in [0.1, 0.15) is 35.3 Å². The number of ether oxygens (including phenoxy) is 1. The van der Waals surface area contributed by atoms with Crippen molar-refractivity contribution in [2.24, 2.45) is 0 Å². The normalized spacial score (nSPS) is 10.8. The molecule has 0 saturated carbocycles. The lowest BCUT2D eigenvalue weighted by molar-refractivity contribution is -0.146. The van der Waals surface area contributed by atoms with Gasteiger partial charge in [0.2, 0.25) is 0 Å². The summed E-state index contributed by atoms with van der Waals surface area (Å²) in [6.07, 6.45) is 1.49. The average Bonchev–Trinajstić information content (AvgIpc) is 3.11. The van der Waals surface area contributed by atoms with Crippen LogP contribution in [-0.2, 0) is 16.1 Å². The number of carbonyl (C=O) groups is 2. The van der Waals surface area contributed by atoms with Crippen LogP contribution in [0.2, 0.25) is 0 Å². The van der Waals surface area contributed by atoms with E-state index in [0.29, 0.717) is 17.8 Å². The van der Waals surface area contributed by atoms with Crippen molar-refractivity contribution in [3.05, 3.63) is 77.5 Å². The topological polar surface area (TPSA) is 73.2 Å². The predicted molar refractivity (Wildman–Crippen MR) is 112 cm³/mol. The predicted octanol–water partition coefficient (Wildman–Crippen LogP) is 3.59. The lowest BCUT2D eigenvalue weighted by Crippen LogP contribution is -2.31. The Kier molecular flexibility index (Phi) is 6.44. The molecule has 0 atom stereocenters. The summed E-state index contributed by atoms with van der Waals surface area (Å²) >= 11 is 0. The fraction of sp³-hybridized carbons (Fsp3) is 0.261. The third-order valence-electron chi connectivity index (χ3n) is 4.28. The third kappa shape index (κ3) is 5.54. The molecular formula is C23H25N3O3. The minimum absolute atomic E-state index is 0.186. The highest BCUT2D eigenvalue weighted by Gasteiger charge is 2.19. The lowest BCUT2D eigenvalue weighted by atomic mass is 10.1. The summed E-state index contributed by atoms with van der Waals surface area (Å²) in [5.74, 6) is -0.831.